The van der Waals surface area contributed by atoms with Crippen molar-refractivity contribution in [3.05, 3.63) is 16.3 Å². The summed E-state index contributed by atoms with van der Waals surface area (Å²) < 4.78 is 36.5. The minimum absolute atomic E-state index is 0.532. The molecule has 0 aliphatic carbocycles. The van der Waals surface area contributed by atoms with E-state index in [4.69, 9.17) is 14.2 Å². The third-order valence-corrected chi connectivity index (χ3v) is 8.37. The molecular formula is C19H12N4O3S4. The van der Waals surface area contributed by atoms with E-state index in [9.17, 15) is 0 Å². The van der Waals surface area contributed by atoms with Crippen LogP contribution >= 0.6 is 34.4 Å². The number of aryl methyl sites for hydroxylation is 1. The number of benzene rings is 1. The Morgan fingerprint density at radius 1 is 0.767 bits per heavy atom. The zero-order chi connectivity index (χ0) is 19.7. The molecule has 0 saturated carbocycles. The maximum absolute atomic E-state index is 6.06. The van der Waals surface area contributed by atoms with Crippen molar-refractivity contribution < 1.29 is 14.2 Å². The summed E-state index contributed by atoms with van der Waals surface area (Å²) >= 11 is 5.69. The molecule has 3 aliphatic rings. The van der Waals surface area contributed by atoms with Crippen LogP contribution in [0.3, 0.4) is 0 Å². The van der Waals surface area contributed by atoms with Gasteiger partial charge in [-0.3, -0.25) is 0 Å². The maximum atomic E-state index is 6.06. The first-order chi connectivity index (χ1) is 14.9. The summed E-state index contributed by atoms with van der Waals surface area (Å²) in [4.78, 5) is 2.04. The molecular weight excluding hydrogens is 461 g/mol. The Morgan fingerprint density at radius 2 is 1.47 bits per heavy atom. The molecule has 0 N–H and O–H groups in total. The van der Waals surface area contributed by atoms with Crippen molar-refractivity contribution in [2.45, 2.75) is 12.8 Å². The normalized spacial score (nSPS) is 16.3. The van der Waals surface area contributed by atoms with E-state index in [1.54, 1.807) is 22.7 Å². The van der Waals surface area contributed by atoms with Crippen LogP contribution in [0.15, 0.2) is 19.5 Å². The Kier molecular flexibility index (Phi) is 3.80. The van der Waals surface area contributed by atoms with Crippen molar-refractivity contribution in [3.8, 4) is 38.1 Å². The van der Waals surface area contributed by atoms with Gasteiger partial charge < -0.3 is 14.2 Å². The molecule has 6 heterocycles. The average Bonchev–Trinajstić information content (AvgIpc) is 3.57. The van der Waals surface area contributed by atoms with Gasteiger partial charge in [-0.15, -0.1) is 22.7 Å². The summed E-state index contributed by atoms with van der Waals surface area (Å²) in [6.45, 7) is 1.84. The molecule has 0 saturated heterocycles. The van der Waals surface area contributed by atoms with E-state index in [2.05, 4.69) is 22.9 Å². The van der Waals surface area contributed by atoms with Crippen LogP contribution < -0.4 is 14.2 Å². The quantitative estimate of drug-likeness (QED) is 0.316. The molecule has 1 aromatic carbocycles. The SMILES string of the molecule is c1sc(-c2c3c(c(-c4scc5c4OCCO5)c4nsnc24)N=S=N3)c2c1CCCO2. The van der Waals surface area contributed by atoms with E-state index in [0.29, 0.717) is 13.2 Å². The maximum Gasteiger partial charge on any atom is 0.180 e. The first kappa shape index (κ1) is 17.4. The van der Waals surface area contributed by atoms with Gasteiger partial charge in [-0.05, 0) is 18.2 Å². The summed E-state index contributed by atoms with van der Waals surface area (Å²) in [5.41, 5.74) is 6.49. The van der Waals surface area contributed by atoms with Crippen molar-refractivity contribution in [1.82, 2.24) is 8.75 Å². The molecule has 0 radical (unpaired) electrons. The van der Waals surface area contributed by atoms with Gasteiger partial charge in [0.15, 0.2) is 11.5 Å². The van der Waals surface area contributed by atoms with Crippen LogP contribution in [0.2, 0.25) is 0 Å². The molecule has 11 heteroatoms. The second-order valence-corrected chi connectivity index (χ2v) is 9.82. The van der Waals surface area contributed by atoms with Gasteiger partial charge >= 0.3 is 0 Å². The van der Waals surface area contributed by atoms with Gasteiger partial charge in [0.05, 0.1) is 50.6 Å². The van der Waals surface area contributed by atoms with Crippen molar-refractivity contribution in [1.29, 1.82) is 0 Å². The second kappa shape index (κ2) is 6.58. The van der Waals surface area contributed by atoms with Crippen LogP contribution in [0.5, 0.6) is 17.2 Å². The zero-order valence-corrected chi connectivity index (χ0v) is 18.6. The Labute approximate surface area is 186 Å². The van der Waals surface area contributed by atoms with Crippen LogP contribution in [0.25, 0.3) is 31.9 Å². The van der Waals surface area contributed by atoms with Crippen LogP contribution in [0.4, 0.5) is 11.4 Å². The van der Waals surface area contributed by atoms with Crippen molar-refractivity contribution in [2.24, 2.45) is 8.73 Å². The van der Waals surface area contributed by atoms with E-state index in [1.165, 1.54) is 28.6 Å². The lowest BCUT2D eigenvalue weighted by Crippen LogP contribution is -2.14. The second-order valence-electron chi connectivity index (χ2n) is 7.00. The molecule has 0 spiro atoms. The largest absolute Gasteiger partial charge is 0.492 e. The van der Waals surface area contributed by atoms with Gasteiger partial charge in [0.2, 0.25) is 0 Å². The Balaban J connectivity index is 1.54. The number of hydrogen-bond acceptors (Lipinski definition) is 10. The lowest BCUT2D eigenvalue weighted by molar-refractivity contribution is 0.174. The predicted octanol–water partition coefficient (Wildman–Crippen LogP) is 5.97. The van der Waals surface area contributed by atoms with Crippen LogP contribution in [-0.4, -0.2) is 28.6 Å². The summed E-state index contributed by atoms with van der Waals surface area (Å²) in [5.74, 6) is 2.51. The topological polar surface area (TPSA) is 78.2 Å². The number of rotatable bonds is 2. The fourth-order valence-corrected chi connectivity index (χ4v) is 7.24. The lowest BCUT2D eigenvalue weighted by atomic mass is 9.99. The number of nitrogens with zero attached hydrogens (tertiary/aromatic N) is 4. The number of aromatic nitrogens is 2. The standard InChI is InChI=1S/C19H12N4O3S4/c1-2-8-6-27-18(16(8)25-3-1)10-12-14(22-29-20-12)11(15-13(10)21-30-23-15)19-17-9(7-28-19)24-4-5-26-17/h6-7H,1-5H2. The van der Waals surface area contributed by atoms with Crippen LogP contribution in [-0.2, 0) is 17.8 Å². The molecule has 7 nitrogen and oxygen atoms in total. The van der Waals surface area contributed by atoms with Crippen molar-refractivity contribution in [2.75, 3.05) is 19.8 Å². The van der Waals surface area contributed by atoms with Gasteiger partial charge in [-0.1, -0.05) is 0 Å². The third-order valence-electron chi connectivity index (χ3n) is 5.33. The van der Waals surface area contributed by atoms with Gasteiger partial charge in [0.25, 0.3) is 0 Å². The fourth-order valence-electron chi connectivity index (χ4n) is 4.05. The first-order valence-corrected chi connectivity index (χ1v) is 12.6. The van der Waals surface area contributed by atoms with Gasteiger partial charge in [-0.2, -0.15) is 17.5 Å². The molecule has 0 atom stereocenters. The highest BCUT2D eigenvalue weighted by Gasteiger charge is 2.32. The number of ether oxygens (including phenoxy) is 3. The first-order valence-electron chi connectivity index (χ1n) is 9.41. The third kappa shape index (κ3) is 2.34. The smallest absolute Gasteiger partial charge is 0.180 e. The van der Waals surface area contributed by atoms with Gasteiger partial charge in [-0.25, -0.2) is 0 Å². The highest BCUT2D eigenvalue weighted by Crippen LogP contribution is 2.58. The van der Waals surface area contributed by atoms with Crippen molar-refractivity contribution >= 4 is 68.2 Å². The zero-order valence-electron chi connectivity index (χ0n) is 15.3. The van der Waals surface area contributed by atoms with E-state index < -0.39 is 0 Å². The van der Waals surface area contributed by atoms with Gasteiger partial charge in [0.1, 0.15) is 41.4 Å². The Bertz CT molecular complexity index is 1310. The minimum Gasteiger partial charge on any atom is -0.492 e. The fraction of sp³-hybridized carbons (Fsp3) is 0.263. The molecule has 0 amide bonds. The Morgan fingerprint density at radius 3 is 2.30 bits per heavy atom. The van der Waals surface area contributed by atoms with E-state index in [-0.39, 0.29) is 0 Å². The van der Waals surface area contributed by atoms with Crippen molar-refractivity contribution in [3.63, 3.8) is 0 Å². The summed E-state index contributed by atoms with van der Waals surface area (Å²) in [6, 6.07) is 0. The monoisotopic (exact) mass is 472 g/mol. The summed E-state index contributed by atoms with van der Waals surface area (Å²) in [5, 5.41) is 4.17. The Hall–Kier alpha value is -2.34. The number of fused-ring (bicyclic) bond motifs is 4. The number of hydrogen-bond donors (Lipinski definition) is 0. The van der Waals surface area contributed by atoms with E-state index >= 15 is 0 Å². The summed E-state index contributed by atoms with van der Waals surface area (Å²) in [7, 11) is 0. The lowest BCUT2D eigenvalue weighted by Gasteiger charge is -2.18. The molecule has 3 aliphatic heterocycles. The highest BCUT2D eigenvalue weighted by atomic mass is 32.1. The van der Waals surface area contributed by atoms with Crippen LogP contribution in [0, 0.1) is 0 Å². The molecule has 7 rings (SSSR count). The van der Waals surface area contributed by atoms with Crippen LogP contribution in [0.1, 0.15) is 12.0 Å². The predicted molar refractivity (Wildman–Crippen MR) is 120 cm³/mol. The summed E-state index contributed by atoms with van der Waals surface area (Å²) in [6.07, 6.45) is 2.09. The van der Waals surface area contributed by atoms with E-state index in [0.717, 1.165) is 80.0 Å². The molecule has 30 heavy (non-hydrogen) atoms. The molecule has 150 valence electrons. The molecule has 0 unspecified atom stereocenters. The highest BCUT2D eigenvalue weighted by molar-refractivity contribution is 7.58. The van der Waals surface area contributed by atoms with E-state index in [1.807, 2.05) is 5.38 Å². The molecule has 4 aromatic rings. The minimum atomic E-state index is 0.532. The molecule has 0 fully saturated rings. The van der Waals surface area contributed by atoms with Gasteiger partial charge in [0, 0.05) is 10.9 Å². The molecule has 0 bridgehead atoms. The molecule has 3 aromatic heterocycles. The number of thiophene rings is 2. The average molecular weight is 473 g/mol.